The smallest absolute Gasteiger partial charge is 0.345 e. The van der Waals surface area contributed by atoms with E-state index < -0.39 is 0 Å². The highest BCUT2D eigenvalue weighted by Crippen LogP contribution is 2.28. The second kappa shape index (κ2) is 7.35. The Hall–Kier alpha value is -2.57. The number of carbonyl (C=O) groups is 1. The van der Waals surface area contributed by atoms with E-state index in [9.17, 15) is 9.59 Å². The number of aryl methyl sites for hydroxylation is 1. The van der Waals surface area contributed by atoms with Crippen molar-refractivity contribution in [3.63, 3.8) is 0 Å². The zero-order chi connectivity index (χ0) is 18.8. The predicted octanol–water partition coefficient (Wildman–Crippen LogP) is 2.19. The molecule has 0 N–H and O–H groups in total. The number of hydrogen-bond donors (Lipinski definition) is 0. The Morgan fingerprint density at radius 2 is 1.81 bits per heavy atom. The number of methoxy groups -OCH3 is 1. The lowest BCUT2D eigenvalue weighted by molar-refractivity contribution is 0.0709. The third kappa shape index (κ3) is 3.38. The third-order valence-electron chi connectivity index (χ3n) is 4.98. The number of benzene rings is 1. The minimum atomic E-state index is -0.0771. The summed E-state index contributed by atoms with van der Waals surface area (Å²) < 4.78 is 8.31. The van der Waals surface area contributed by atoms with Crippen LogP contribution < -0.4 is 10.4 Å². The van der Waals surface area contributed by atoms with Gasteiger partial charge in [0.2, 0.25) is 0 Å². The first-order valence-corrected chi connectivity index (χ1v) is 9.01. The number of hydrogen-bond acceptors (Lipinski definition) is 4. The van der Waals surface area contributed by atoms with Crippen molar-refractivity contribution in [2.24, 2.45) is 7.05 Å². The number of ether oxygens (including phenoxy) is 1. The van der Waals surface area contributed by atoms with Crippen molar-refractivity contribution in [2.45, 2.75) is 38.6 Å². The average Bonchev–Trinajstić information content (AvgIpc) is 2.96. The minimum absolute atomic E-state index is 0.0355. The number of amides is 1. The number of rotatable bonds is 4. The Balaban J connectivity index is 1.70. The van der Waals surface area contributed by atoms with Gasteiger partial charge in [0.1, 0.15) is 11.6 Å². The SMILES string of the molecule is COc1ccc(C(=O)N2CCC(c3nn(C)c(=O)n3C(C)C)CC2)cc1. The molecule has 7 heteroatoms. The van der Waals surface area contributed by atoms with Crippen molar-refractivity contribution < 1.29 is 9.53 Å². The highest BCUT2D eigenvalue weighted by molar-refractivity contribution is 5.94. The predicted molar refractivity (Wildman–Crippen MR) is 98.7 cm³/mol. The van der Waals surface area contributed by atoms with Gasteiger partial charge in [-0.15, -0.1) is 0 Å². The Morgan fingerprint density at radius 3 is 2.35 bits per heavy atom. The fraction of sp³-hybridized carbons (Fsp3) is 0.526. The average molecular weight is 358 g/mol. The first-order valence-electron chi connectivity index (χ1n) is 9.01. The van der Waals surface area contributed by atoms with Crippen LogP contribution in [0.5, 0.6) is 5.75 Å². The van der Waals surface area contributed by atoms with E-state index in [1.54, 1.807) is 43.0 Å². The summed E-state index contributed by atoms with van der Waals surface area (Å²) >= 11 is 0. The Labute approximate surface area is 153 Å². The topological polar surface area (TPSA) is 69.4 Å². The van der Waals surface area contributed by atoms with Gasteiger partial charge in [-0.3, -0.25) is 9.36 Å². The second-order valence-electron chi connectivity index (χ2n) is 7.02. The maximum Gasteiger partial charge on any atom is 0.345 e. The molecule has 140 valence electrons. The molecule has 0 unspecified atom stereocenters. The highest BCUT2D eigenvalue weighted by Gasteiger charge is 2.29. The molecule has 0 spiro atoms. The number of carbonyl (C=O) groups excluding carboxylic acids is 1. The molecule has 0 saturated carbocycles. The summed E-state index contributed by atoms with van der Waals surface area (Å²) in [6, 6.07) is 7.26. The molecule has 7 nitrogen and oxygen atoms in total. The molecule has 2 heterocycles. The monoisotopic (exact) mass is 358 g/mol. The number of likely N-dealkylation sites (tertiary alicyclic amines) is 1. The molecule has 0 bridgehead atoms. The first-order chi connectivity index (χ1) is 12.4. The van der Waals surface area contributed by atoms with Crippen LogP contribution in [0, 0.1) is 0 Å². The van der Waals surface area contributed by atoms with Crippen LogP contribution in [0.1, 0.15) is 54.8 Å². The molecular weight excluding hydrogens is 332 g/mol. The van der Waals surface area contributed by atoms with Gasteiger partial charge in [-0.25, -0.2) is 9.48 Å². The van der Waals surface area contributed by atoms with E-state index in [4.69, 9.17) is 4.74 Å². The van der Waals surface area contributed by atoms with Crippen molar-refractivity contribution in [1.82, 2.24) is 19.2 Å². The van der Waals surface area contributed by atoms with E-state index in [0.29, 0.717) is 18.7 Å². The van der Waals surface area contributed by atoms with Gasteiger partial charge in [-0.2, -0.15) is 5.10 Å². The summed E-state index contributed by atoms with van der Waals surface area (Å²) in [5, 5.41) is 4.45. The van der Waals surface area contributed by atoms with Crippen LogP contribution in [0.3, 0.4) is 0 Å². The molecule has 1 fully saturated rings. The molecule has 1 aromatic carbocycles. The summed E-state index contributed by atoms with van der Waals surface area (Å²) in [6.07, 6.45) is 1.62. The van der Waals surface area contributed by atoms with Crippen molar-refractivity contribution in [2.75, 3.05) is 20.2 Å². The normalized spacial score (nSPS) is 15.5. The molecule has 1 saturated heterocycles. The summed E-state index contributed by atoms with van der Waals surface area (Å²) in [5.74, 6) is 1.81. The molecule has 0 aliphatic carbocycles. The third-order valence-corrected chi connectivity index (χ3v) is 4.98. The fourth-order valence-corrected chi connectivity index (χ4v) is 3.52. The van der Waals surface area contributed by atoms with E-state index in [1.807, 2.05) is 18.7 Å². The lowest BCUT2D eigenvalue weighted by Gasteiger charge is -2.32. The van der Waals surface area contributed by atoms with E-state index in [1.165, 1.54) is 4.68 Å². The summed E-state index contributed by atoms with van der Waals surface area (Å²) in [7, 11) is 3.29. The van der Waals surface area contributed by atoms with E-state index in [2.05, 4.69) is 5.10 Å². The van der Waals surface area contributed by atoms with Gasteiger partial charge in [0.15, 0.2) is 0 Å². The molecule has 26 heavy (non-hydrogen) atoms. The first kappa shape index (κ1) is 18.2. The zero-order valence-corrected chi connectivity index (χ0v) is 15.8. The molecule has 3 rings (SSSR count). The van der Waals surface area contributed by atoms with E-state index in [0.717, 1.165) is 24.4 Å². The molecular formula is C19H26N4O3. The maximum atomic E-state index is 12.7. The van der Waals surface area contributed by atoms with Crippen molar-refractivity contribution in [3.8, 4) is 5.75 Å². The Morgan fingerprint density at radius 1 is 1.19 bits per heavy atom. The number of piperidine rings is 1. The van der Waals surface area contributed by atoms with Gasteiger partial charge in [0.25, 0.3) is 5.91 Å². The van der Waals surface area contributed by atoms with Gasteiger partial charge in [-0.05, 0) is 51.0 Å². The number of nitrogens with zero attached hydrogens (tertiary/aromatic N) is 4. The van der Waals surface area contributed by atoms with Crippen molar-refractivity contribution >= 4 is 5.91 Å². The standard InChI is InChI=1S/C19H26N4O3/c1-13(2)23-17(20-21(3)19(23)25)14-9-11-22(12-10-14)18(24)15-5-7-16(26-4)8-6-15/h5-8,13-14H,9-12H2,1-4H3. The van der Waals surface area contributed by atoms with Gasteiger partial charge < -0.3 is 9.64 Å². The summed E-state index contributed by atoms with van der Waals surface area (Å²) in [6.45, 7) is 5.32. The van der Waals surface area contributed by atoms with Crippen molar-refractivity contribution in [1.29, 1.82) is 0 Å². The quantitative estimate of drug-likeness (QED) is 0.840. The van der Waals surface area contributed by atoms with Gasteiger partial charge >= 0.3 is 5.69 Å². The zero-order valence-electron chi connectivity index (χ0n) is 15.8. The molecule has 1 aliphatic heterocycles. The molecule has 0 radical (unpaired) electrons. The van der Waals surface area contributed by atoms with Crippen LogP contribution in [-0.4, -0.2) is 45.4 Å². The highest BCUT2D eigenvalue weighted by atomic mass is 16.5. The van der Waals surface area contributed by atoms with Crippen LogP contribution in [0.4, 0.5) is 0 Å². The van der Waals surface area contributed by atoms with Crippen LogP contribution >= 0.6 is 0 Å². The second-order valence-corrected chi connectivity index (χ2v) is 7.02. The molecule has 2 aromatic rings. The van der Waals surface area contributed by atoms with Gasteiger partial charge in [0.05, 0.1) is 7.11 Å². The minimum Gasteiger partial charge on any atom is -0.497 e. The molecule has 0 atom stereocenters. The maximum absolute atomic E-state index is 12.7. The molecule has 1 aromatic heterocycles. The molecule has 1 amide bonds. The van der Waals surface area contributed by atoms with Gasteiger partial charge in [0, 0.05) is 37.7 Å². The Kier molecular flexibility index (Phi) is 5.15. The largest absolute Gasteiger partial charge is 0.497 e. The van der Waals surface area contributed by atoms with Crippen LogP contribution in [0.25, 0.3) is 0 Å². The Bertz CT molecular complexity index is 827. The van der Waals surface area contributed by atoms with Gasteiger partial charge in [-0.1, -0.05) is 0 Å². The van der Waals surface area contributed by atoms with Crippen molar-refractivity contribution in [3.05, 3.63) is 46.1 Å². The van der Waals surface area contributed by atoms with Crippen LogP contribution in [0.15, 0.2) is 29.1 Å². The summed E-state index contributed by atoms with van der Waals surface area (Å²) in [5.41, 5.74) is 0.591. The number of aromatic nitrogens is 3. The molecule has 1 aliphatic rings. The lowest BCUT2D eigenvalue weighted by Crippen LogP contribution is -2.38. The van der Waals surface area contributed by atoms with E-state index >= 15 is 0 Å². The van der Waals surface area contributed by atoms with E-state index in [-0.39, 0.29) is 23.6 Å². The fourth-order valence-electron chi connectivity index (χ4n) is 3.52. The van der Waals surface area contributed by atoms with Crippen LogP contribution in [0.2, 0.25) is 0 Å². The summed E-state index contributed by atoms with van der Waals surface area (Å²) in [4.78, 5) is 26.8. The van der Waals surface area contributed by atoms with Crippen LogP contribution in [-0.2, 0) is 7.05 Å². The lowest BCUT2D eigenvalue weighted by atomic mass is 9.95.